The van der Waals surface area contributed by atoms with Gasteiger partial charge in [-0.15, -0.1) is 0 Å². The summed E-state index contributed by atoms with van der Waals surface area (Å²) < 4.78 is 6.01. The lowest BCUT2D eigenvalue weighted by Crippen LogP contribution is -2.37. The Morgan fingerprint density at radius 3 is 2.81 bits per heavy atom. The lowest BCUT2D eigenvalue weighted by atomic mass is 9.61. The summed E-state index contributed by atoms with van der Waals surface area (Å²) in [7, 11) is 0. The second kappa shape index (κ2) is 5.87. The lowest BCUT2D eigenvalue weighted by Gasteiger charge is -2.44. The molecule has 3 rings (SSSR count). The molecular weight excluding hydrogens is 256 g/mol. The van der Waals surface area contributed by atoms with Crippen LogP contribution < -0.4 is 4.74 Å². The molecule has 0 spiro atoms. The second-order valence-electron chi connectivity index (χ2n) is 7.36. The first-order valence-electron chi connectivity index (χ1n) is 8.47. The molecule has 0 aliphatic heterocycles. The Balaban J connectivity index is 1.65. The van der Waals surface area contributed by atoms with Gasteiger partial charge in [0.05, 0.1) is 6.61 Å². The number of benzene rings is 1. The smallest absolute Gasteiger partial charge is 0.119 e. The third kappa shape index (κ3) is 2.75. The molecule has 4 atom stereocenters. The lowest BCUT2D eigenvalue weighted by molar-refractivity contribution is 0.0749. The van der Waals surface area contributed by atoms with Crippen molar-refractivity contribution in [3.05, 3.63) is 42.5 Å². The molecule has 21 heavy (non-hydrogen) atoms. The van der Waals surface area contributed by atoms with Gasteiger partial charge in [-0.1, -0.05) is 44.2 Å². The summed E-state index contributed by atoms with van der Waals surface area (Å²) in [5.41, 5.74) is 1.98. The van der Waals surface area contributed by atoms with Gasteiger partial charge < -0.3 is 4.74 Å². The monoisotopic (exact) mass is 284 g/mol. The number of para-hydroxylation sites is 1. The molecule has 0 heterocycles. The van der Waals surface area contributed by atoms with Crippen molar-refractivity contribution in [3.63, 3.8) is 0 Å². The molecule has 1 heteroatoms. The number of ether oxygens (including phenoxy) is 1. The molecule has 2 aliphatic rings. The number of fused-ring (bicyclic) bond motifs is 1. The van der Waals surface area contributed by atoms with Gasteiger partial charge in [-0.05, 0) is 67.4 Å². The SMILES string of the molecule is C=C1CCCC2(C)[C@@H](C(C)COc3ccccc3)CC[C@@H]12. The Hall–Kier alpha value is -1.24. The maximum Gasteiger partial charge on any atom is 0.119 e. The molecule has 2 unspecified atom stereocenters. The summed E-state index contributed by atoms with van der Waals surface area (Å²) in [6.07, 6.45) is 6.64. The van der Waals surface area contributed by atoms with Crippen molar-refractivity contribution < 1.29 is 4.74 Å². The largest absolute Gasteiger partial charge is 0.493 e. The number of hydrogen-bond donors (Lipinski definition) is 0. The van der Waals surface area contributed by atoms with Gasteiger partial charge >= 0.3 is 0 Å². The first-order chi connectivity index (χ1) is 10.1. The van der Waals surface area contributed by atoms with Crippen LogP contribution in [0.5, 0.6) is 5.75 Å². The average molecular weight is 284 g/mol. The van der Waals surface area contributed by atoms with Crippen molar-refractivity contribution in [1.82, 2.24) is 0 Å². The van der Waals surface area contributed by atoms with Crippen LogP contribution in [0.4, 0.5) is 0 Å². The van der Waals surface area contributed by atoms with Gasteiger partial charge in [-0.2, -0.15) is 0 Å². The summed E-state index contributed by atoms with van der Waals surface area (Å²) in [6, 6.07) is 10.2. The van der Waals surface area contributed by atoms with E-state index in [2.05, 4.69) is 20.4 Å². The van der Waals surface area contributed by atoms with E-state index in [9.17, 15) is 0 Å². The Labute approximate surface area is 129 Å². The van der Waals surface area contributed by atoms with Gasteiger partial charge in [0.2, 0.25) is 0 Å². The fourth-order valence-corrected chi connectivity index (χ4v) is 4.96. The quantitative estimate of drug-likeness (QED) is 0.666. The van der Waals surface area contributed by atoms with Crippen molar-refractivity contribution in [3.8, 4) is 5.75 Å². The van der Waals surface area contributed by atoms with E-state index in [0.29, 0.717) is 11.3 Å². The maximum atomic E-state index is 6.01. The van der Waals surface area contributed by atoms with Crippen molar-refractivity contribution in [2.45, 2.75) is 46.0 Å². The van der Waals surface area contributed by atoms with Gasteiger partial charge in [0.1, 0.15) is 5.75 Å². The van der Waals surface area contributed by atoms with Crippen molar-refractivity contribution in [2.24, 2.45) is 23.2 Å². The number of hydrogen-bond acceptors (Lipinski definition) is 1. The zero-order chi connectivity index (χ0) is 14.9. The van der Waals surface area contributed by atoms with Crippen molar-refractivity contribution in [2.75, 3.05) is 6.61 Å². The number of rotatable bonds is 4. The molecule has 0 aromatic heterocycles. The molecule has 1 nitrogen and oxygen atoms in total. The van der Waals surface area contributed by atoms with Gasteiger partial charge in [-0.3, -0.25) is 0 Å². The molecule has 0 N–H and O–H groups in total. The molecule has 0 amide bonds. The highest BCUT2D eigenvalue weighted by Crippen LogP contribution is 2.58. The third-order valence-electron chi connectivity index (χ3n) is 6.06. The normalized spacial score (nSPS) is 33.5. The van der Waals surface area contributed by atoms with E-state index in [1.807, 2.05) is 30.3 Å². The predicted molar refractivity (Wildman–Crippen MR) is 88.4 cm³/mol. The molecule has 2 fully saturated rings. The minimum atomic E-state index is 0.467. The van der Waals surface area contributed by atoms with E-state index in [1.54, 1.807) is 0 Å². The summed E-state index contributed by atoms with van der Waals surface area (Å²) in [5, 5.41) is 0. The number of allylic oxidation sites excluding steroid dienone is 1. The van der Waals surface area contributed by atoms with Crippen LogP contribution in [0, 0.1) is 23.2 Å². The summed E-state index contributed by atoms with van der Waals surface area (Å²) in [6.45, 7) is 10.1. The minimum Gasteiger partial charge on any atom is -0.493 e. The third-order valence-corrected chi connectivity index (χ3v) is 6.06. The molecule has 1 aromatic carbocycles. The van der Waals surface area contributed by atoms with Crippen LogP contribution >= 0.6 is 0 Å². The molecule has 0 saturated heterocycles. The summed E-state index contributed by atoms with van der Waals surface area (Å²) in [5.74, 6) is 3.15. The van der Waals surface area contributed by atoms with Crippen LogP contribution in [0.2, 0.25) is 0 Å². The van der Waals surface area contributed by atoms with E-state index in [1.165, 1.54) is 37.7 Å². The Morgan fingerprint density at radius 2 is 2.05 bits per heavy atom. The van der Waals surface area contributed by atoms with Gasteiger partial charge in [0.25, 0.3) is 0 Å². The fourth-order valence-electron chi connectivity index (χ4n) is 4.96. The van der Waals surface area contributed by atoms with Crippen LogP contribution in [-0.4, -0.2) is 6.61 Å². The van der Waals surface area contributed by atoms with Crippen LogP contribution in [0.1, 0.15) is 46.0 Å². The molecule has 2 saturated carbocycles. The average Bonchev–Trinajstić information content (AvgIpc) is 2.84. The molecule has 0 bridgehead atoms. The zero-order valence-corrected chi connectivity index (χ0v) is 13.5. The zero-order valence-electron chi connectivity index (χ0n) is 13.5. The van der Waals surface area contributed by atoms with E-state index in [0.717, 1.165) is 24.2 Å². The summed E-state index contributed by atoms with van der Waals surface area (Å²) in [4.78, 5) is 0. The first kappa shape index (κ1) is 14.7. The van der Waals surface area contributed by atoms with Crippen LogP contribution in [-0.2, 0) is 0 Å². The van der Waals surface area contributed by atoms with Gasteiger partial charge in [0, 0.05) is 0 Å². The summed E-state index contributed by atoms with van der Waals surface area (Å²) >= 11 is 0. The predicted octanol–water partition coefficient (Wildman–Crippen LogP) is 5.47. The maximum absolute atomic E-state index is 6.01. The highest BCUT2D eigenvalue weighted by molar-refractivity contribution is 5.21. The van der Waals surface area contributed by atoms with Gasteiger partial charge in [0.15, 0.2) is 0 Å². The van der Waals surface area contributed by atoms with E-state index >= 15 is 0 Å². The molecule has 2 aliphatic carbocycles. The molecule has 114 valence electrons. The van der Waals surface area contributed by atoms with E-state index in [-0.39, 0.29) is 0 Å². The highest BCUT2D eigenvalue weighted by atomic mass is 16.5. The van der Waals surface area contributed by atoms with Gasteiger partial charge in [-0.25, -0.2) is 0 Å². The topological polar surface area (TPSA) is 9.23 Å². The second-order valence-corrected chi connectivity index (χ2v) is 7.36. The molecule has 0 radical (unpaired) electrons. The van der Waals surface area contributed by atoms with Crippen LogP contribution in [0.15, 0.2) is 42.5 Å². The van der Waals surface area contributed by atoms with E-state index in [4.69, 9.17) is 4.74 Å². The fraction of sp³-hybridized carbons (Fsp3) is 0.600. The van der Waals surface area contributed by atoms with Crippen LogP contribution in [0.3, 0.4) is 0 Å². The van der Waals surface area contributed by atoms with E-state index < -0.39 is 0 Å². The first-order valence-corrected chi connectivity index (χ1v) is 8.47. The standard InChI is InChI=1S/C20H28O/c1-15-8-7-13-20(3)18(15)11-12-19(20)16(2)14-21-17-9-5-4-6-10-17/h4-6,9-10,16,18-19H,1,7-8,11-14H2,2-3H3/t16?,18-,19+,20?/m0/s1. The highest BCUT2D eigenvalue weighted by Gasteiger charge is 2.50. The minimum absolute atomic E-state index is 0.467. The van der Waals surface area contributed by atoms with Crippen molar-refractivity contribution in [1.29, 1.82) is 0 Å². The Bertz CT molecular complexity index is 492. The van der Waals surface area contributed by atoms with Crippen molar-refractivity contribution >= 4 is 0 Å². The van der Waals surface area contributed by atoms with Crippen LogP contribution in [0.25, 0.3) is 0 Å². The molecule has 1 aromatic rings. The Kier molecular flexibility index (Phi) is 4.10. The Morgan fingerprint density at radius 1 is 1.29 bits per heavy atom. The molecular formula is C20H28O.